The van der Waals surface area contributed by atoms with E-state index in [-0.39, 0.29) is 0 Å². The molecule has 3 nitrogen and oxygen atoms in total. The maximum Gasteiger partial charge on any atom is 0.0671 e. The molecule has 0 radical (unpaired) electrons. The van der Waals surface area contributed by atoms with Crippen molar-refractivity contribution in [2.45, 2.75) is 19.9 Å². The first-order chi connectivity index (χ1) is 8.60. The summed E-state index contributed by atoms with van der Waals surface area (Å²) in [6.07, 6.45) is 2.99. The summed E-state index contributed by atoms with van der Waals surface area (Å²) in [6, 6.07) is 5.85. The minimum Gasteiger partial charge on any atom is -0.381 e. The SMILES string of the molecule is CCc1nn(C)cc1CNc1ccc(Br)c(Cl)c1. The van der Waals surface area contributed by atoms with E-state index in [1.54, 1.807) is 0 Å². The Morgan fingerprint density at radius 3 is 2.89 bits per heavy atom. The van der Waals surface area contributed by atoms with E-state index in [0.29, 0.717) is 5.02 Å². The van der Waals surface area contributed by atoms with Crippen LogP contribution in [-0.4, -0.2) is 9.78 Å². The predicted molar refractivity (Wildman–Crippen MR) is 79.1 cm³/mol. The number of nitrogens with one attached hydrogen (secondary N) is 1. The molecule has 1 N–H and O–H groups in total. The Kier molecular flexibility index (Phi) is 4.30. The van der Waals surface area contributed by atoms with Crippen molar-refractivity contribution >= 4 is 33.2 Å². The van der Waals surface area contributed by atoms with E-state index in [9.17, 15) is 0 Å². The molecule has 0 aliphatic heterocycles. The third-order valence-corrected chi connectivity index (χ3v) is 3.96. The number of aryl methyl sites for hydroxylation is 2. The van der Waals surface area contributed by atoms with Crippen molar-refractivity contribution in [3.63, 3.8) is 0 Å². The van der Waals surface area contributed by atoms with Crippen molar-refractivity contribution in [2.24, 2.45) is 7.05 Å². The molecule has 0 spiro atoms. The minimum atomic E-state index is 0.710. The van der Waals surface area contributed by atoms with Gasteiger partial charge in [-0.1, -0.05) is 18.5 Å². The monoisotopic (exact) mass is 327 g/mol. The highest BCUT2D eigenvalue weighted by Gasteiger charge is 2.06. The van der Waals surface area contributed by atoms with E-state index in [0.717, 1.165) is 28.8 Å². The summed E-state index contributed by atoms with van der Waals surface area (Å²) in [4.78, 5) is 0. The lowest BCUT2D eigenvalue weighted by atomic mass is 10.2. The van der Waals surface area contributed by atoms with Gasteiger partial charge in [0.15, 0.2) is 0 Å². The van der Waals surface area contributed by atoms with E-state index >= 15 is 0 Å². The molecule has 0 aliphatic rings. The van der Waals surface area contributed by atoms with Crippen LogP contribution in [-0.2, 0) is 20.0 Å². The van der Waals surface area contributed by atoms with Gasteiger partial charge < -0.3 is 5.32 Å². The van der Waals surface area contributed by atoms with E-state index in [1.807, 2.05) is 36.1 Å². The fourth-order valence-corrected chi connectivity index (χ4v) is 2.26. The third-order valence-electron chi connectivity index (χ3n) is 2.73. The molecular weight excluding hydrogens is 314 g/mol. The Bertz CT molecular complexity index is 551. The average Bonchev–Trinajstić information content (AvgIpc) is 2.71. The second kappa shape index (κ2) is 5.76. The number of benzene rings is 1. The van der Waals surface area contributed by atoms with E-state index in [1.165, 1.54) is 5.56 Å². The summed E-state index contributed by atoms with van der Waals surface area (Å²) in [6.45, 7) is 2.87. The van der Waals surface area contributed by atoms with E-state index < -0.39 is 0 Å². The van der Waals surface area contributed by atoms with Crippen LogP contribution >= 0.6 is 27.5 Å². The standard InChI is InChI=1S/C13H15BrClN3/c1-3-13-9(8-18(2)17-13)7-16-10-4-5-11(14)12(15)6-10/h4-6,8,16H,3,7H2,1-2H3. The maximum atomic E-state index is 6.05. The van der Waals surface area contributed by atoms with Gasteiger partial charge in [0.1, 0.15) is 0 Å². The van der Waals surface area contributed by atoms with Crippen molar-refractivity contribution in [3.8, 4) is 0 Å². The molecule has 0 bridgehead atoms. The molecule has 0 unspecified atom stereocenters. The van der Waals surface area contributed by atoms with Crippen LogP contribution in [0.3, 0.4) is 0 Å². The highest BCUT2D eigenvalue weighted by molar-refractivity contribution is 9.10. The molecular formula is C13H15BrClN3. The molecule has 18 heavy (non-hydrogen) atoms. The highest BCUT2D eigenvalue weighted by atomic mass is 79.9. The van der Waals surface area contributed by atoms with E-state index in [2.05, 4.69) is 33.3 Å². The first-order valence-electron chi connectivity index (χ1n) is 5.80. The molecule has 0 aliphatic carbocycles. The summed E-state index contributed by atoms with van der Waals surface area (Å²) in [5.41, 5.74) is 3.36. The zero-order chi connectivity index (χ0) is 13.1. The Balaban J connectivity index is 2.08. The van der Waals surface area contributed by atoms with Crippen molar-refractivity contribution < 1.29 is 0 Å². The highest BCUT2D eigenvalue weighted by Crippen LogP contribution is 2.25. The van der Waals surface area contributed by atoms with Gasteiger partial charge in [-0.05, 0) is 40.5 Å². The van der Waals surface area contributed by atoms with Gasteiger partial charge in [0.05, 0.1) is 10.7 Å². The normalized spacial score (nSPS) is 10.7. The topological polar surface area (TPSA) is 29.9 Å². The summed E-state index contributed by atoms with van der Waals surface area (Å²) < 4.78 is 2.76. The fraction of sp³-hybridized carbons (Fsp3) is 0.308. The van der Waals surface area contributed by atoms with Gasteiger partial charge in [-0.15, -0.1) is 0 Å². The second-order valence-electron chi connectivity index (χ2n) is 4.11. The average molecular weight is 329 g/mol. The van der Waals surface area contributed by atoms with Crippen LogP contribution in [0.1, 0.15) is 18.2 Å². The van der Waals surface area contributed by atoms with Gasteiger partial charge in [0.2, 0.25) is 0 Å². The van der Waals surface area contributed by atoms with Crippen molar-refractivity contribution in [1.82, 2.24) is 9.78 Å². The molecule has 96 valence electrons. The zero-order valence-corrected chi connectivity index (χ0v) is 12.7. The predicted octanol–water partition coefficient (Wildman–Crippen LogP) is 4.01. The van der Waals surface area contributed by atoms with Crippen LogP contribution in [0, 0.1) is 0 Å². The minimum absolute atomic E-state index is 0.710. The number of hydrogen-bond acceptors (Lipinski definition) is 2. The Morgan fingerprint density at radius 1 is 1.44 bits per heavy atom. The van der Waals surface area contributed by atoms with Crippen LogP contribution in [0.15, 0.2) is 28.9 Å². The summed E-state index contributed by atoms with van der Waals surface area (Å²) >= 11 is 9.43. The number of hydrogen-bond donors (Lipinski definition) is 1. The smallest absolute Gasteiger partial charge is 0.0671 e. The summed E-state index contributed by atoms with van der Waals surface area (Å²) in [7, 11) is 1.94. The molecule has 2 aromatic rings. The molecule has 0 saturated carbocycles. The number of halogens is 2. The van der Waals surface area contributed by atoms with Crippen molar-refractivity contribution in [3.05, 3.63) is 45.1 Å². The first kappa shape index (κ1) is 13.4. The largest absolute Gasteiger partial charge is 0.381 e. The van der Waals surface area contributed by atoms with Gasteiger partial charge in [0.25, 0.3) is 0 Å². The Hall–Kier alpha value is -1.000. The maximum absolute atomic E-state index is 6.05. The number of aromatic nitrogens is 2. The van der Waals surface area contributed by atoms with Crippen LogP contribution < -0.4 is 5.32 Å². The summed E-state index contributed by atoms with van der Waals surface area (Å²) in [5, 5.41) is 8.48. The van der Waals surface area contributed by atoms with Crippen molar-refractivity contribution in [2.75, 3.05) is 5.32 Å². The molecule has 1 heterocycles. The lowest BCUT2D eigenvalue weighted by Gasteiger charge is -2.07. The van der Waals surface area contributed by atoms with Gasteiger partial charge in [-0.2, -0.15) is 5.10 Å². The van der Waals surface area contributed by atoms with Gasteiger partial charge in [-0.25, -0.2) is 0 Å². The second-order valence-corrected chi connectivity index (χ2v) is 5.37. The molecule has 5 heteroatoms. The number of nitrogens with zero attached hydrogens (tertiary/aromatic N) is 2. The van der Waals surface area contributed by atoms with Gasteiger partial charge >= 0.3 is 0 Å². The van der Waals surface area contributed by atoms with Crippen LogP contribution in [0.25, 0.3) is 0 Å². The zero-order valence-electron chi connectivity index (χ0n) is 10.4. The Labute approximate surface area is 120 Å². The van der Waals surface area contributed by atoms with Crippen LogP contribution in [0.4, 0.5) is 5.69 Å². The molecule has 1 aromatic carbocycles. The molecule has 0 atom stereocenters. The summed E-state index contributed by atoms with van der Waals surface area (Å²) in [5.74, 6) is 0. The van der Waals surface area contributed by atoms with E-state index in [4.69, 9.17) is 11.6 Å². The number of rotatable bonds is 4. The van der Waals surface area contributed by atoms with Crippen molar-refractivity contribution in [1.29, 1.82) is 0 Å². The molecule has 2 rings (SSSR count). The quantitative estimate of drug-likeness (QED) is 0.919. The van der Waals surface area contributed by atoms with Crippen LogP contribution in [0.5, 0.6) is 0 Å². The Morgan fingerprint density at radius 2 is 2.22 bits per heavy atom. The third kappa shape index (κ3) is 3.06. The lowest BCUT2D eigenvalue weighted by Crippen LogP contribution is -2.01. The molecule has 1 aromatic heterocycles. The molecule has 0 saturated heterocycles. The molecule has 0 fully saturated rings. The molecule has 0 amide bonds. The lowest BCUT2D eigenvalue weighted by molar-refractivity contribution is 0.746. The first-order valence-corrected chi connectivity index (χ1v) is 6.97. The van der Waals surface area contributed by atoms with Gasteiger partial charge in [-0.3, -0.25) is 4.68 Å². The van der Waals surface area contributed by atoms with Crippen LogP contribution in [0.2, 0.25) is 5.02 Å². The fourth-order valence-electron chi connectivity index (χ4n) is 1.83. The van der Waals surface area contributed by atoms with Gasteiger partial charge in [0, 0.05) is 35.5 Å². The number of anilines is 1.